The Labute approximate surface area is 233 Å². The highest BCUT2D eigenvalue weighted by atomic mass is 32.2. The van der Waals surface area contributed by atoms with Gasteiger partial charge in [-0.3, -0.25) is 9.59 Å². The average molecular weight is 555 g/mol. The number of rotatable bonds is 11. The monoisotopic (exact) mass is 554 g/mol. The van der Waals surface area contributed by atoms with E-state index in [2.05, 4.69) is 50.6 Å². The van der Waals surface area contributed by atoms with Crippen molar-refractivity contribution in [3.05, 3.63) is 60.2 Å². The molecule has 39 heavy (non-hydrogen) atoms. The van der Waals surface area contributed by atoms with Gasteiger partial charge in [-0.05, 0) is 99.7 Å². The fraction of sp³-hybridized carbons (Fsp3) is 0.533. The van der Waals surface area contributed by atoms with Crippen molar-refractivity contribution in [2.75, 3.05) is 38.0 Å². The van der Waals surface area contributed by atoms with Gasteiger partial charge in [-0.1, -0.05) is 30.3 Å². The Kier molecular flexibility index (Phi) is 10.5. The number of hydrogen-bond donors (Lipinski definition) is 3. The standard InChI is InChI=1S/C30H42N4O4S/c1-23(35)33-28-11-13-29(14-12-28)39(37,38)32-22-26-7-9-27(10-8-26)30(36)31-17-20-34-18-15-25(16-19-34)21-24-5-3-2-4-6-24/h2-6,11-14,25-27,32H,7-10,15-22H2,1H3,(H,31,36)(H,33,35). The molecule has 2 aliphatic rings. The molecule has 0 unspecified atom stereocenters. The predicted octanol–water partition coefficient (Wildman–Crippen LogP) is 3.80. The molecule has 2 aromatic rings. The normalized spacial score (nSPS) is 20.8. The molecule has 0 atom stereocenters. The number of likely N-dealkylation sites (tertiary alicyclic amines) is 1. The second kappa shape index (κ2) is 14.1. The van der Waals surface area contributed by atoms with Gasteiger partial charge in [0.2, 0.25) is 21.8 Å². The molecule has 1 heterocycles. The Morgan fingerprint density at radius 1 is 0.872 bits per heavy atom. The molecule has 2 aromatic carbocycles. The van der Waals surface area contributed by atoms with E-state index in [4.69, 9.17) is 0 Å². The summed E-state index contributed by atoms with van der Waals surface area (Å²) in [6.07, 6.45) is 6.80. The van der Waals surface area contributed by atoms with E-state index in [-0.39, 0.29) is 28.5 Å². The zero-order chi connectivity index (χ0) is 27.7. The van der Waals surface area contributed by atoms with E-state index in [1.54, 1.807) is 12.1 Å². The lowest BCUT2D eigenvalue weighted by Crippen LogP contribution is -2.42. The molecule has 4 rings (SSSR count). The van der Waals surface area contributed by atoms with Crippen molar-refractivity contribution in [2.45, 2.75) is 56.8 Å². The van der Waals surface area contributed by atoms with Crippen molar-refractivity contribution >= 4 is 27.5 Å². The van der Waals surface area contributed by atoms with E-state index in [0.717, 1.165) is 57.7 Å². The van der Waals surface area contributed by atoms with Crippen LogP contribution in [0.4, 0.5) is 5.69 Å². The summed E-state index contributed by atoms with van der Waals surface area (Å²) in [7, 11) is -3.62. The second-order valence-corrected chi connectivity index (χ2v) is 12.8. The van der Waals surface area contributed by atoms with Crippen LogP contribution in [0.25, 0.3) is 0 Å². The van der Waals surface area contributed by atoms with Crippen molar-refractivity contribution in [3.63, 3.8) is 0 Å². The Morgan fingerprint density at radius 2 is 1.54 bits per heavy atom. The first kappa shape index (κ1) is 29.2. The number of piperidine rings is 1. The van der Waals surface area contributed by atoms with E-state index < -0.39 is 10.0 Å². The van der Waals surface area contributed by atoms with E-state index >= 15 is 0 Å². The van der Waals surface area contributed by atoms with E-state index in [9.17, 15) is 18.0 Å². The zero-order valence-electron chi connectivity index (χ0n) is 22.9. The maximum atomic E-state index is 12.7. The van der Waals surface area contributed by atoms with Crippen LogP contribution in [0, 0.1) is 17.8 Å². The van der Waals surface area contributed by atoms with Crippen LogP contribution in [-0.2, 0) is 26.0 Å². The molecule has 0 spiro atoms. The van der Waals surface area contributed by atoms with Gasteiger partial charge in [-0.15, -0.1) is 0 Å². The number of carbonyl (C=O) groups is 2. The third-order valence-electron chi connectivity index (χ3n) is 8.07. The SMILES string of the molecule is CC(=O)Nc1ccc(S(=O)(=O)NCC2CCC(C(=O)NCCN3CCC(Cc4ccccc4)CC3)CC2)cc1. The highest BCUT2D eigenvalue weighted by Crippen LogP contribution is 2.29. The molecule has 212 valence electrons. The largest absolute Gasteiger partial charge is 0.355 e. The van der Waals surface area contributed by atoms with Gasteiger partial charge in [0.1, 0.15) is 0 Å². The maximum absolute atomic E-state index is 12.7. The maximum Gasteiger partial charge on any atom is 0.240 e. The molecule has 3 N–H and O–H groups in total. The first-order chi connectivity index (χ1) is 18.8. The summed E-state index contributed by atoms with van der Waals surface area (Å²) in [6, 6.07) is 16.8. The van der Waals surface area contributed by atoms with Gasteiger partial charge in [-0.25, -0.2) is 13.1 Å². The van der Waals surface area contributed by atoms with E-state index in [1.807, 2.05) is 0 Å². The Balaban J connectivity index is 1.10. The van der Waals surface area contributed by atoms with Crippen molar-refractivity contribution in [3.8, 4) is 0 Å². The Morgan fingerprint density at radius 3 is 2.18 bits per heavy atom. The van der Waals surface area contributed by atoms with Crippen LogP contribution >= 0.6 is 0 Å². The van der Waals surface area contributed by atoms with Gasteiger partial charge in [-0.2, -0.15) is 0 Å². The lowest BCUT2D eigenvalue weighted by atomic mass is 9.81. The molecule has 2 fully saturated rings. The topological polar surface area (TPSA) is 108 Å². The first-order valence-corrected chi connectivity index (χ1v) is 15.7. The molecule has 0 bridgehead atoms. The quantitative estimate of drug-likeness (QED) is 0.392. The fourth-order valence-electron chi connectivity index (χ4n) is 5.70. The molecule has 0 aromatic heterocycles. The van der Waals surface area contributed by atoms with Crippen LogP contribution in [-0.4, -0.2) is 57.9 Å². The number of sulfonamides is 1. The van der Waals surface area contributed by atoms with Gasteiger partial charge in [0.15, 0.2) is 0 Å². The summed E-state index contributed by atoms with van der Waals surface area (Å²) in [5, 5.41) is 5.77. The second-order valence-electron chi connectivity index (χ2n) is 11.0. The molecule has 8 nitrogen and oxygen atoms in total. The van der Waals surface area contributed by atoms with Crippen molar-refractivity contribution < 1.29 is 18.0 Å². The summed E-state index contributed by atoms with van der Waals surface area (Å²) in [4.78, 5) is 26.5. The molecule has 2 amide bonds. The molecule has 1 saturated heterocycles. The van der Waals surface area contributed by atoms with Gasteiger partial charge in [0.05, 0.1) is 4.90 Å². The lowest BCUT2D eigenvalue weighted by molar-refractivity contribution is -0.126. The first-order valence-electron chi connectivity index (χ1n) is 14.2. The van der Waals surface area contributed by atoms with Crippen LogP contribution in [0.5, 0.6) is 0 Å². The number of carbonyl (C=O) groups excluding carboxylic acids is 2. The highest BCUT2D eigenvalue weighted by molar-refractivity contribution is 7.89. The summed E-state index contributed by atoms with van der Waals surface area (Å²) >= 11 is 0. The van der Waals surface area contributed by atoms with Gasteiger partial charge in [0, 0.05) is 38.2 Å². The number of hydrogen-bond acceptors (Lipinski definition) is 5. The summed E-state index contributed by atoms with van der Waals surface area (Å²) in [6.45, 7) is 5.53. The van der Waals surface area contributed by atoms with Crippen LogP contribution < -0.4 is 15.4 Å². The highest BCUT2D eigenvalue weighted by Gasteiger charge is 2.27. The number of nitrogens with one attached hydrogen (secondary N) is 3. The Bertz CT molecular complexity index is 1170. The molecule has 1 aliphatic carbocycles. The third kappa shape index (κ3) is 9.15. The van der Waals surface area contributed by atoms with E-state index in [1.165, 1.54) is 37.5 Å². The fourth-order valence-corrected chi connectivity index (χ4v) is 6.82. The lowest BCUT2D eigenvalue weighted by Gasteiger charge is -2.32. The number of anilines is 1. The third-order valence-corrected chi connectivity index (χ3v) is 9.51. The minimum Gasteiger partial charge on any atom is -0.355 e. The van der Waals surface area contributed by atoms with Crippen LogP contribution in [0.1, 0.15) is 51.0 Å². The molecular formula is C30H42N4O4S. The number of nitrogens with zero attached hydrogens (tertiary/aromatic N) is 1. The van der Waals surface area contributed by atoms with E-state index in [0.29, 0.717) is 18.8 Å². The number of benzene rings is 2. The minimum atomic E-state index is -3.62. The van der Waals surface area contributed by atoms with Crippen LogP contribution in [0.2, 0.25) is 0 Å². The predicted molar refractivity (Wildman–Crippen MR) is 154 cm³/mol. The molecular weight excluding hydrogens is 512 g/mol. The van der Waals surface area contributed by atoms with Gasteiger partial charge < -0.3 is 15.5 Å². The van der Waals surface area contributed by atoms with Crippen LogP contribution in [0.15, 0.2) is 59.5 Å². The number of amides is 2. The van der Waals surface area contributed by atoms with Gasteiger partial charge in [0.25, 0.3) is 0 Å². The molecule has 1 aliphatic heterocycles. The molecule has 0 radical (unpaired) electrons. The summed E-state index contributed by atoms with van der Waals surface area (Å²) in [5.41, 5.74) is 1.98. The summed E-state index contributed by atoms with van der Waals surface area (Å²) in [5.74, 6) is 0.902. The van der Waals surface area contributed by atoms with Crippen molar-refractivity contribution in [1.82, 2.24) is 14.9 Å². The molecule has 9 heteroatoms. The minimum absolute atomic E-state index is 0.00999. The van der Waals surface area contributed by atoms with Crippen LogP contribution in [0.3, 0.4) is 0 Å². The molecule has 1 saturated carbocycles. The Hall–Kier alpha value is -2.75. The average Bonchev–Trinajstić information content (AvgIpc) is 2.94. The summed E-state index contributed by atoms with van der Waals surface area (Å²) < 4.78 is 28.0. The smallest absolute Gasteiger partial charge is 0.240 e. The van der Waals surface area contributed by atoms with Crippen molar-refractivity contribution in [2.24, 2.45) is 17.8 Å². The van der Waals surface area contributed by atoms with Crippen molar-refractivity contribution in [1.29, 1.82) is 0 Å². The van der Waals surface area contributed by atoms with Gasteiger partial charge >= 0.3 is 0 Å². The zero-order valence-corrected chi connectivity index (χ0v) is 23.7.